The van der Waals surface area contributed by atoms with Crippen LogP contribution in [0.5, 0.6) is 5.75 Å². The first-order chi connectivity index (χ1) is 12.7. The molecule has 2 N–H and O–H groups in total. The average Bonchev–Trinajstić information content (AvgIpc) is 3.21. The maximum Gasteiger partial charge on any atom is 0.355 e. The van der Waals surface area contributed by atoms with Gasteiger partial charge < -0.3 is 19.8 Å². The topological polar surface area (TPSA) is 80.4 Å². The molecule has 0 aliphatic rings. The molecule has 0 spiro atoms. The Morgan fingerprint density at radius 3 is 2.38 bits per heavy atom. The van der Waals surface area contributed by atoms with Crippen LogP contribution in [0.1, 0.15) is 16.1 Å². The van der Waals surface area contributed by atoms with E-state index < -0.39 is 11.9 Å². The number of aromatic nitrogens is 1. The molecule has 1 heterocycles. The first-order valence-corrected chi connectivity index (χ1v) is 8.08. The summed E-state index contributed by atoms with van der Waals surface area (Å²) in [5.41, 5.74) is 1.98. The molecule has 1 amide bonds. The van der Waals surface area contributed by atoms with E-state index in [0.717, 1.165) is 5.56 Å². The van der Waals surface area contributed by atoms with Crippen molar-refractivity contribution >= 4 is 17.6 Å². The third kappa shape index (κ3) is 4.98. The van der Waals surface area contributed by atoms with Crippen molar-refractivity contribution in [1.82, 2.24) is 4.98 Å². The zero-order valence-electron chi connectivity index (χ0n) is 14.0. The van der Waals surface area contributed by atoms with Crippen LogP contribution in [0.2, 0.25) is 0 Å². The Hall–Kier alpha value is -3.54. The molecule has 2 aromatic carbocycles. The van der Waals surface area contributed by atoms with Gasteiger partial charge in [0, 0.05) is 11.9 Å². The van der Waals surface area contributed by atoms with Crippen molar-refractivity contribution in [3.05, 3.63) is 84.2 Å². The van der Waals surface area contributed by atoms with E-state index in [0.29, 0.717) is 23.7 Å². The minimum absolute atomic E-state index is 0.303. The predicted octanol–water partition coefficient (Wildman–Crippen LogP) is 3.39. The third-order valence-corrected chi connectivity index (χ3v) is 3.54. The molecule has 1 aromatic heterocycles. The maximum absolute atomic E-state index is 11.9. The van der Waals surface area contributed by atoms with Gasteiger partial charge in [0.2, 0.25) is 0 Å². The lowest BCUT2D eigenvalue weighted by atomic mass is 10.2. The molecule has 0 saturated heterocycles. The van der Waals surface area contributed by atoms with Crippen LogP contribution in [0.3, 0.4) is 0 Å². The molecule has 3 rings (SSSR count). The van der Waals surface area contributed by atoms with Crippen molar-refractivity contribution in [2.75, 3.05) is 11.9 Å². The van der Waals surface area contributed by atoms with Crippen molar-refractivity contribution in [2.24, 2.45) is 0 Å². The second-order valence-corrected chi connectivity index (χ2v) is 5.51. The Morgan fingerprint density at radius 2 is 1.69 bits per heavy atom. The van der Waals surface area contributed by atoms with Crippen molar-refractivity contribution in [2.45, 2.75) is 6.61 Å². The fourth-order valence-corrected chi connectivity index (χ4v) is 2.24. The van der Waals surface area contributed by atoms with E-state index in [1.54, 1.807) is 42.6 Å². The number of hydrogen-bond donors (Lipinski definition) is 2. The van der Waals surface area contributed by atoms with Crippen LogP contribution >= 0.6 is 0 Å². The fraction of sp³-hybridized carbons (Fsp3) is 0.100. The summed E-state index contributed by atoms with van der Waals surface area (Å²) in [6.45, 7) is 0.116. The molecule has 0 fully saturated rings. The Balaban J connectivity index is 1.44. The fourth-order valence-electron chi connectivity index (χ4n) is 2.24. The Labute approximate surface area is 150 Å². The molecule has 0 unspecified atom stereocenters. The summed E-state index contributed by atoms with van der Waals surface area (Å²) in [7, 11) is 0. The second kappa shape index (κ2) is 8.53. The van der Waals surface area contributed by atoms with Gasteiger partial charge in [-0.3, -0.25) is 4.79 Å². The molecular formula is C20H18N2O4. The van der Waals surface area contributed by atoms with Crippen LogP contribution in [0.4, 0.5) is 5.69 Å². The number of rotatable bonds is 7. The van der Waals surface area contributed by atoms with Gasteiger partial charge in [-0.15, -0.1) is 0 Å². The Kier molecular flexibility index (Phi) is 5.67. The molecule has 6 heteroatoms. The smallest absolute Gasteiger partial charge is 0.355 e. The zero-order valence-corrected chi connectivity index (χ0v) is 14.0. The van der Waals surface area contributed by atoms with Crippen LogP contribution in [0, 0.1) is 0 Å². The molecule has 26 heavy (non-hydrogen) atoms. The largest absolute Gasteiger partial charge is 0.489 e. The van der Waals surface area contributed by atoms with Gasteiger partial charge >= 0.3 is 5.97 Å². The molecule has 132 valence electrons. The quantitative estimate of drug-likeness (QED) is 0.640. The monoisotopic (exact) mass is 350 g/mol. The summed E-state index contributed by atoms with van der Waals surface area (Å²) in [5.74, 6) is -0.289. The van der Waals surface area contributed by atoms with Crippen LogP contribution in [-0.4, -0.2) is 23.5 Å². The van der Waals surface area contributed by atoms with Gasteiger partial charge in [-0.25, -0.2) is 4.79 Å². The van der Waals surface area contributed by atoms with E-state index >= 15 is 0 Å². The lowest BCUT2D eigenvalue weighted by Crippen LogP contribution is -2.21. The first kappa shape index (κ1) is 17.3. The number of benzene rings is 2. The molecule has 0 aliphatic heterocycles. The molecule has 0 atom stereocenters. The van der Waals surface area contributed by atoms with Crippen molar-refractivity contribution in [3.8, 4) is 5.75 Å². The van der Waals surface area contributed by atoms with Gasteiger partial charge in [-0.05, 0) is 42.0 Å². The van der Waals surface area contributed by atoms with Gasteiger partial charge in [0.15, 0.2) is 6.61 Å². The molecule has 0 radical (unpaired) electrons. The highest BCUT2D eigenvalue weighted by atomic mass is 16.5. The van der Waals surface area contributed by atoms with Crippen LogP contribution in [-0.2, 0) is 16.1 Å². The summed E-state index contributed by atoms with van der Waals surface area (Å²) >= 11 is 0. The maximum atomic E-state index is 11.9. The Morgan fingerprint density at radius 1 is 0.923 bits per heavy atom. The van der Waals surface area contributed by atoms with Gasteiger partial charge in [0.1, 0.15) is 18.1 Å². The summed E-state index contributed by atoms with van der Waals surface area (Å²) in [6.07, 6.45) is 1.61. The van der Waals surface area contributed by atoms with E-state index in [1.807, 2.05) is 30.3 Å². The Bertz CT molecular complexity index is 843. The summed E-state index contributed by atoms with van der Waals surface area (Å²) in [5, 5.41) is 2.66. The van der Waals surface area contributed by atoms with Crippen molar-refractivity contribution in [3.63, 3.8) is 0 Å². The van der Waals surface area contributed by atoms with Crippen LogP contribution in [0.15, 0.2) is 72.9 Å². The summed E-state index contributed by atoms with van der Waals surface area (Å²) in [4.78, 5) is 26.2. The molecule has 0 bridgehead atoms. The van der Waals surface area contributed by atoms with Gasteiger partial charge in [-0.1, -0.05) is 30.3 Å². The number of carbonyl (C=O) groups excluding carboxylic acids is 2. The molecular weight excluding hydrogens is 332 g/mol. The minimum Gasteiger partial charge on any atom is -0.489 e. The standard InChI is InChI=1S/C20H18N2O4/c23-19(14-26-20(24)18-7-4-12-21-18)22-16-8-10-17(11-9-16)25-13-15-5-2-1-3-6-15/h1-12,21H,13-14H2,(H,22,23). The molecule has 3 aromatic rings. The number of aromatic amines is 1. The highest BCUT2D eigenvalue weighted by Crippen LogP contribution is 2.17. The van der Waals surface area contributed by atoms with Crippen LogP contribution < -0.4 is 10.1 Å². The second-order valence-electron chi connectivity index (χ2n) is 5.51. The lowest BCUT2D eigenvalue weighted by molar-refractivity contribution is -0.119. The van der Waals surface area contributed by atoms with E-state index in [-0.39, 0.29) is 6.61 Å². The molecule has 0 saturated carbocycles. The number of carbonyl (C=O) groups is 2. The van der Waals surface area contributed by atoms with Crippen molar-refractivity contribution < 1.29 is 19.1 Å². The summed E-state index contributed by atoms with van der Waals surface area (Å²) in [6, 6.07) is 20.1. The van der Waals surface area contributed by atoms with Crippen LogP contribution in [0.25, 0.3) is 0 Å². The van der Waals surface area contributed by atoms with E-state index in [4.69, 9.17) is 9.47 Å². The van der Waals surface area contributed by atoms with Gasteiger partial charge in [0.05, 0.1) is 0 Å². The highest BCUT2D eigenvalue weighted by molar-refractivity contribution is 5.94. The number of nitrogens with one attached hydrogen (secondary N) is 2. The average molecular weight is 350 g/mol. The number of hydrogen-bond acceptors (Lipinski definition) is 4. The lowest BCUT2D eigenvalue weighted by Gasteiger charge is -2.09. The normalized spacial score (nSPS) is 10.2. The molecule has 6 nitrogen and oxygen atoms in total. The van der Waals surface area contributed by atoms with Gasteiger partial charge in [-0.2, -0.15) is 0 Å². The molecule has 0 aliphatic carbocycles. The number of H-pyrrole nitrogens is 1. The SMILES string of the molecule is O=C(COC(=O)c1ccc[nH]1)Nc1ccc(OCc2ccccc2)cc1. The summed E-state index contributed by atoms with van der Waals surface area (Å²) < 4.78 is 10.6. The first-order valence-electron chi connectivity index (χ1n) is 8.08. The van der Waals surface area contributed by atoms with Crippen molar-refractivity contribution in [1.29, 1.82) is 0 Å². The predicted molar refractivity (Wildman–Crippen MR) is 96.9 cm³/mol. The number of amides is 1. The number of ether oxygens (including phenoxy) is 2. The van der Waals surface area contributed by atoms with E-state index in [2.05, 4.69) is 10.3 Å². The number of esters is 1. The third-order valence-electron chi connectivity index (χ3n) is 3.54. The van der Waals surface area contributed by atoms with Gasteiger partial charge in [0.25, 0.3) is 5.91 Å². The van der Waals surface area contributed by atoms with E-state index in [9.17, 15) is 9.59 Å². The zero-order chi connectivity index (χ0) is 18.2. The minimum atomic E-state index is -0.574. The number of anilines is 1. The van der Waals surface area contributed by atoms with E-state index in [1.165, 1.54) is 0 Å². The highest BCUT2D eigenvalue weighted by Gasteiger charge is 2.10.